The summed E-state index contributed by atoms with van der Waals surface area (Å²) in [6, 6.07) is 1.45. The Balaban J connectivity index is 1.52. The molecule has 3 rings (SSSR count). The molecule has 0 aromatic carbocycles. The normalized spacial score (nSPS) is 30.8. The second-order valence-electron chi connectivity index (χ2n) is 6.22. The van der Waals surface area contributed by atoms with Gasteiger partial charge in [0.1, 0.15) is 0 Å². The highest BCUT2D eigenvalue weighted by Gasteiger charge is 2.33. The third-order valence-corrected chi connectivity index (χ3v) is 5.92. The Morgan fingerprint density at radius 2 is 2.25 bits per heavy atom. The molecule has 2 heterocycles. The Bertz CT molecular complexity index is 412. The summed E-state index contributed by atoms with van der Waals surface area (Å²) in [5.74, 6) is 0.833. The average Bonchev–Trinajstić information content (AvgIpc) is 3.15. The van der Waals surface area contributed by atoms with Gasteiger partial charge in [0.05, 0.1) is 10.7 Å². The molecule has 2 N–H and O–H groups in total. The first-order chi connectivity index (χ1) is 9.86. The summed E-state index contributed by atoms with van der Waals surface area (Å²) < 4.78 is 0. The van der Waals surface area contributed by atoms with Crippen LogP contribution in [0.4, 0.5) is 0 Å². The lowest BCUT2D eigenvalue weighted by molar-refractivity contribution is 0.256. The van der Waals surface area contributed by atoms with E-state index in [1.165, 1.54) is 55.8 Å². The van der Waals surface area contributed by atoms with Crippen LogP contribution in [-0.4, -0.2) is 23.6 Å². The van der Waals surface area contributed by atoms with Crippen LogP contribution in [-0.2, 0) is 13.0 Å². The molecule has 3 unspecified atom stereocenters. The fraction of sp³-hybridized carbons (Fsp3) is 0.812. The Morgan fingerprint density at radius 3 is 3.00 bits per heavy atom. The summed E-state index contributed by atoms with van der Waals surface area (Å²) in [5, 5.41) is 11.0. The largest absolute Gasteiger partial charge is 0.314 e. The number of aryl methyl sites for hydroxylation is 1. The van der Waals surface area contributed by atoms with Crippen molar-refractivity contribution >= 4 is 11.3 Å². The number of rotatable bonds is 5. The van der Waals surface area contributed by atoms with Gasteiger partial charge < -0.3 is 10.6 Å². The lowest BCUT2D eigenvalue weighted by atomic mass is 9.88. The molecule has 1 aliphatic carbocycles. The van der Waals surface area contributed by atoms with E-state index in [9.17, 15) is 0 Å². The monoisotopic (exact) mass is 293 g/mol. The fourth-order valence-electron chi connectivity index (χ4n) is 3.80. The summed E-state index contributed by atoms with van der Waals surface area (Å²) in [4.78, 5) is 4.67. The van der Waals surface area contributed by atoms with Gasteiger partial charge in [-0.1, -0.05) is 19.8 Å². The summed E-state index contributed by atoms with van der Waals surface area (Å²) >= 11 is 1.80. The van der Waals surface area contributed by atoms with E-state index < -0.39 is 0 Å². The molecule has 0 spiro atoms. The van der Waals surface area contributed by atoms with Crippen LogP contribution < -0.4 is 10.6 Å². The summed E-state index contributed by atoms with van der Waals surface area (Å²) in [6.07, 6.45) is 9.33. The summed E-state index contributed by atoms with van der Waals surface area (Å²) in [7, 11) is 0. The van der Waals surface area contributed by atoms with Gasteiger partial charge in [0.2, 0.25) is 0 Å². The Hall–Kier alpha value is -0.450. The SMILES string of the molecule is CCc1nc(CNC2CCCC2C2CCCCN2)cs1. The lowest BCUT2D eigenvalue weighted by Crippen LogP contribution is -2.46. The Labute approximate surface area is 126 Å². The average molecular weight is 293 g/mol. The maximum atomic E-state index is 4.67. The van der Waals surface area contributed by atoms with Crippen LogP contribution in [0.5, 0.6) is 0 Å². The first-order valence-corrected chi connectivity index (χ1v) is 9.15. The molecule has 1 aromatic rings. The van der Waals surface area contributed by atoms with E-state index in [0.29, 0.717) is 6.04 Å². The summed E-state index contributed by atoms with van der Waals surface area (Å²) in [6.45, 7) is 4.35. The molecule has 20 heavy (non-hydrogen) atoms. The zero-order valence-electron chi connectivity index (χ0n) is 12.5. The van der Waals surface area contributed by atoms with E-state index in [4.69, 9.17) is 0 Å². The van der Waals surface area contributed by atoms with Gasteiger partial charge in [-0.25, -0.2) is 4.98 Å². The highest BCUT2D eigenvalue weighted by atomic mass is 32.1. The van der Waals surface area contributed by atoms with Gasteiger partial charge in [-0.05, 0) is 44.6 Å². The molecule has 1 saturated heterocycles. The molecule has 3 atom stereocenters. The molecular formula is C16H27N3S. The van der Waals surface area contributed by atoms with Gasteiger partial charge in [-0.3, -0.25) is 0 Å². The van der Waals surface area contributed by atoms with E-state index in [0.717, 1.165) is 24.9 Å². The molecule has 2 aliphatic rings. The van der Waals surface area contributed by atoms with Crippen LogP contribution in [0.1, 0.15) is 56.2 Å². The maximum absolute atomic E-state index is 4.67. The van der Waals surface area contributed by atoms with Gasteiger partial charge in [0.25, 0.3) is 0 Å². The van der Waals surface area contributed by atoms with E-state index in [1.54, 1.807) is 11.3 Å². The Kier molecular flexibility index (Phi) is 5.08. The minimum Gasteiger partial charge on any atom is -0.314 e. The first kappa shape index (κ1) is 14.5. The molecule has 0 amide bonds. The smallest absolute Gasteiger partial charge is 0.0926 e. The van der Waals surface area contributed by atoms with Crippen molar-refractivity contribution in [3.05, 3.63) is 16.1 Å². The summed E-state index contributed by atoms with van der Waals surface area (Å²) in [5.41, 5.74) is 1.23. The van der Waals surface area contributed by atoms with Gasteiger partial charge >= 0.3 is 0 Å². The van der Waals surface area contributed by atoms with Crippen LogP contribution in [0.15, 0.2) is 5.38 Å². The molecule has 1 saturated carbocycles. The molecular weight excluding hydrogens is 266 g/mol. The van der Waals surface area contributed by atoms with Gasteiger partial charge in [0.15, 0.2) is 0 Å². The number of aromatic nitrogens is 1. The van der Waals surface area contributed by atoms with Crippen molar-refractivity contribution in [3.8, 4) is 0 Å². The predicted octanol–water partition coefficient (Wildman–Crippen LogP) is 3.11. The van der Waals surface area contributed by atoms with E-state index in [2.05, 4.69) is 27.9 Å². The van der Waals surface area contributed by atoms with Crippen molar-refractivity contribution < 1.29 is 0 Å². The van der Waals surface area contributed by atoms with Crippen molar-refractivity contribution in [2.24, 2.45) is 5.92 Å². The van der Waals surface area contributed by atoms with E-state index in [-0.39, 0.29) is 0 Å². The zero-order valence-corrected chi connectivity index (χ0v) is 13.3. The standard InChI is InChI=1S/C16H27N3S/c1-2-16-19-12(11-20-16)10-18-15-8-5-6-13(15)14-7-3-4-9-17-14/h11,13-15,17-18H,2-10H2,1H3. The van der Waals surface area contributed by atoms with Crippen LogP contribution in [0.3, 0.4) is 0 Å². The number of nitrogens with zero attached hydrogens (tertiary/aromatic N) is 1. The van der Waals surface area contributed by atoms with Crippen molar-refractivity contribution in [3.63, 3.8) is 0 Å². The number of hydrogen-bond acceptors (Lipinski definition) is 4. The maximum Gasteiger partial charge on any atom is 0.0926 e. The van der Waals surface area contributed by atoms with Crippen molar-refractivity contribution in [1.82, 2.24) is 15.6 Å². The molecule has 4 heteroatoms. The molecule has 1 aliphatic heterocycles. The highest BCUT2D eigenvalue weighted by Crippen LogP contribution is 2.31. The molecule has 2 fully saturated rings. The van der Waals surface area contributed by atoms with Crippen molar-refractivity contribution in [2.75, 3.05) is 6.54 Å². The predicted molar refractivity (Wildman–Crippen MR) is 85.1 cm³/mol. The van der Waals surface area contributed by atoms with Gasteiger partial charge in [0, 0.05) is 24.0 Å². The van der Waals surface area contributed by atoms with Crippen LogP contribution in [0, 0.1) is 5.92 Å². The second kappa shape index (κ2) is 7.01. The van der Waals surface area contributed by atoms with Crippen LogP contribution in [0.25, 0.3) is 0 Å². The highest BCUT2D eigenvalue weighted by molar-refractivity contribution is 7.09. The quantitative estimate of drug-likeness (QED) is 0.876. The van der Waals surface area contributed by atoms with Crippen molar-refractivity contribution in [1.29, 1.82) is 0 Å². The van der Waals surface area contributed by atoms with E-state index >= 15 is 0 Å². The first-order valence-electron chi connectivity index (χ1n) is 8.27. The van der Waals surface area contributed by atoms with E-state index in [1.807, 2.05) is 0 Å². The molecule has 3 nitrogen and oxygen atoms in total. The lowest BCUT2D eigenvalue weighted by Gasteiger charge is -2.33. The van der Waals surface area contributed by atoms with Crippen LogP contribution in [0.2, 0.25) is 0 Å². The topological polar surface area (TPSA) is 37.0 Å². The van der Waals surface area contributed by atoms with Crippen molar-refractivity contribution in [2.45, 2.75) is 70.5 Å². The number of piperidine rings is 1. The van der Waals surface area contributed by atoms with Crippen LogP contribution >= 0.6 is 11.3 Å². The zero-order chi connectivity index (χ0) is 13.8. The third-order valence-electron chi connectivity index (χ3n) is 4.88. The fourth-order valence-corrected chi connectivity index (χ4v) is 4.54. The Morgan fingerprint density at radius 1 is 1.30 bits per heavy atom. The minimum absolute atomic E-state index is 0.692. The number of hydrogen-bond donors (Lipinski definition) is 2. The molecule has 1 aromatic heterocycles. The number of nitrogens with one attached hydrogen (secondary N) is 2. The second-order valence-corrected chi connectivity index (χ2v) is 7.17. The third kappa shape index (κ3) is 3.41. The van der Waals surface area contributed by atoms with Gasteiger partial charge in [-0.2, -0.15) is 0 Å². The number of thiazole rings is 1. The van der Waals surface area contributed by atoms with Gasteiger partial charge in [-0.15, -0.1) is 11.3 Å². The molecule has 0 bridgehead atoms. The molecule has 112 valence electrons. The minimum atomic E-state index is 0.692. The molecule has 0 radical (unpaired) electrons.